The van der Waals surface area contributed by atoms with E-state index in [9.17, 15) is 9.59 Å². The van der Waals surface area contributed by atoms with E-state index >= 15 is 0 Å². The maximum Gasteiger partial charge on any atom is 0.347 e. The van der Waals surface area contributed by atoms with Gasteiger partial charge in [0.2, 0.25) is 0 Å². The summed E-state index contributed by atoms with van der Waals surface area (Å²) < 4.78 is 6.33. The van der Waals surface area contributed by atoms with E-state index in [1.54, 1.807) is 11.5 Å². The van der Waals surface area contributed by atoms with Gasteiger partial charge in [-0.15, -0.1) is 0 Å². The number of hydrogen-bond donors (Lipinski definition) is 0. The molecule has 5 nitrogen and oxygen atoms in total. The topological polar surface area (TPSA) is 61.2 Å². The molecule has 0 unspecified atom stereocenters. The van der Waals surface area contributed by atoms with Gasteiger partial charge in [0.1, 0.15) is 0 Å². The molecule has 92 valence electrons. The number of hydrogen-bond acceptors (Lipinski definition) is 4. The Balaban J connectivity index is 2.32. The molecule has 0 aliphatic heterocycles. The number of methoxy groups -OCH3 is 1. The van der Waals surface area contributed by atoms with Crippen molar-refractivity contribution >= 4 is 5.97 Å². The SMILES string of the molecule is COC(=O)C1(Cn2c(C)cc(C)nc2=O)CC1. The van der Waals surface area contributed by atoms with Gasteiger partial charge in [0.15, 0.2) is 0 Å². The van der Waals surface area contributed by atoms with Crippen LogP contribution in [0.25, 0.3) is 0 Å². The molecular formula is C12H16N2O3. The first-order valence-electron chi connectivity index (χ1n) is 5.62. The highest BCUT2D eigenvalue weighted by Gasteiger charge is 2.51. The Morgan fingerprint density at radius 2 is 2.18 bits per heavy atom. The molecule has 0 amide bonds. The van der Waals surface area contributed by atoms with Gasteiger partial charge >= 0.3 is 11.7 Å². The molecule has 1 aromatic heterocycles. The van der Waals surface area contributed by atoms with E-state index in [1.165, 1.54) is 7.11 Å². The van der Waals surface area contributed by atoms with Crippen LogP contribution in [0.15, 0.2) is 10.9 Å². The highest BCUT2D eigenvalue weighted by molar-refractivity contribution is 5.79. The lowest BCUT2D eigenvalue weighted by molar-refractivity contribution is -0.147. The van der Waals surface area contributed by atoms with Crippen LogP contribution in [0.3, 0.4) is 0 Å². The highest BCUT2D eigenvalue weighted by Crippen LogP contribution is 2.48. The van der Waals surface area contributed by atoms with Gasteiger partial charge < -0.3 is 4.74 Å². The van der Waals surface area contributed by atoms with Crippen molar-refractivity contribution in [2.45, 2.75) is 33.2 Å². The van der Waals surface area contributed by atoms with Gasteiger partial charge in [0.25, 0.3) is 0 Å². The van der Waals surface area contributed by atoms with Crippen molar-refractivity contribution in [1.82, 2.24) is 9.55 Å². The number of ether oxygens (including phenoxy) is 1. The summed E-state index contributed by atoms with van der Waals surface area (Å²) in [5.74, 6) is -0.232. The molecule has 0 bridgehead atoms. The molecule has 1 fully saturated rings. The second kappa shape index (κ2) is 3.98. The monoisotopic (exact) mass is 236 g/mol. The van der Waals surface area contributed by atoms with Crippen molar-refractivity contribution in [3.05, 3.63) is 27.9 Å². The van der Waals surface area contributed by atoms with Gasteiger partial charge in [-0.05, 0) is 32.8 Å². The molecule has 0 atom stereocenters. The molecule has 0 N–H and O–H groups in total. The van der Waals surface area contributed by atoms with Crippen molar-refractivity contribution in [2.24, 2.45) is 5.41 Å². The number of aromatic nitrogens is 2. The Morgan fingerprint density at radius 3 is 2.65 bits per heavy atom. The van der Waals surface area contributed by atoms with Crippen LogP contribution in [-0.2, 0) is 16.1 Å². The first-order chi connectivity index (χ1) is 7.98. The summed E-state index contributed by atoms with van der Waals surface area (Å²) in [7, 11) is 1.38. The zero-order chi connectivity index (χ0) is 12.6. The van der Waals surface area contributed by atoms with Crippen molar-refractivity contribution in [1.29, 1.82) is 0 Å². The molecule has 17 heavy (non-hydrogen) atoms. The Kier molecular flexibility index (Phi) is 2.77. The second-order valence-corrected chi connectivity index (χ2v) is 4.68. The molecule has 1 heterocycles. The summed E-state index contributed by atoms with van der Waals surface area (Å²) in [6.45, 7) is 4.01. The minimum atomic E-state index is -0.500. The molecule has 1 aliphatic rings. The molecule has 0 saturated heterocycles. The summed E-state index contributed by atoms with van der Waals surface area (Å²) in [5, 5.41) is 0. The fourth-order valence-electron chi connectivity index (χ4n) is 2.06. The zero-order valence-electron chi connectivity index (χ0n) is 10.3. The molecule has 1 aliphatic carbocycles. The van der Waals surface area contributed by atoms with E-state index in [0.29, 0.717) is 12.2 Å². The molecule has 1 aromatic rings. The third-order valence-electron chi connectivity index (χ3n) is 3.28. The predicted octanol–water partition coefficient (Wildman–Crippen LogP) is 0.813. The van der Waals surface area contributed by atoms with Crippen LogP contribution in [-0.4, -0.2) is 22.6 Å². The summed E-state index contributed by atoms with van der Waals surface area (Å²) in [4.78, 5) is 27.3. The lowest BCUT2D eigenvalue weighted by Crippen LogP contribution is -2.32. The lowest BCUT2D eigenvalue weighted by atomic mass is 10.1. The number of nitrogens with zero attached hydrogens (tertiary/aromatic N) is 2. The quantitative estimate of drug-likeness (QED) is 0.729. The maximum atomic E-state index is 11.8. The maximum absolute atomic E-state index is 11.8. The average Bonchev–Trinajstić information content (AvgIpc) is 3.03. The largest absolute Gasteiger partial charge is 0.469 e. The fourth-order valence-corrected chi connectivity index (χ4v) is 2.06. The van der Waals surface area contributed by atoms with E-state index < -0.39 is 5.41 Å². The third-order valence-corrected chi connectivity index (χ3v) is 3.28. The lowest BCUT2D eigenvalue weighted by Gasteiger charge is -2.16. The number of carbonyl (C=O) groups excluding carboxylic acids is 1. The molecule has 1 saturated carbocycles. The summed E-state index contributed by atoms with van der Waals surface area (Å²) >= 11 is 0. The van der Waals surface area contributed by atoms with Crippen molar-refractivity contribution in [3.8, 4) is 0 Å². The van der Waals surface area contributed by atoms with Gasteiger partial charge in [-0.1, -0.05) is 0 Å². The summed E-state index contributed by atoms with van der Waals surface area (Å²) in [6.07, 6.45) is 1.55. The fraction of sp³-hybridized carbons (Fsp3) is 0.583. The second-order valence-electron chi connectivity index (χ2n) is 4.68. The smallest absolute Gasteiger partial charge is 0.347 e. The Hall–Kier alpha value is -1.65. The standard InChI is InChI=1S/C12H16N2O3/c1-8-6-9(2)14(11(16)13-8)7-12(4-5-12)10(15)17-3/h6H,4-5,7H2,1-3H3. The van der Waals surface area contributed by atoms with E-state index in [4.69, 9.17) is 4.74 Å². The molecule has 0 spiro atoms. The zero-order valence-corrected chi connectivity index (χ0v) is 10.3. The van der Waals surface area contributed by atoms with Gasteiger partial charge in [-0.3, -0.25) is 9.36 Å². The van der Waals surface area contributed by atoms with Crippen LogP contribution in [0.4, 0.5) is 0 Å². The Labute approximate surface area is 99.4 Å². The van der Waals surface area contributed by atoms with E-state index in [0.717, 1.165) is 18.5 Å². The van der Waals surface area contributed by atoms with Crippen LogP contribution in [0, 0.1) is 19.3 Å². The highest BCUT2D eigenvalue weighted by atomic mass is 16.5. The van der Waals surface area contributed by atoms with Crippen LogP contribution >= 0.6 is 0 Å². The van der Waals surface area contributed by atoms with Gasteiger partial charge in [0, 0.05) is 17.9 Å². The minimum Gasteiger partial charge on any atom is -0.469 e. The van der Waals surface area contributed by atoms with Crippen LogP contribution in [0.5, 0.6) is 0 Å². The van der Waals surface area contributed by atoms with Crippen molar-refractivity contribution in [2.75, 3.05) is 7.11 Å². The van der Waals surface area contributed by atoms with Gasteiger partial charge in [0.05, 0.1) is 12.5 Å². The van der Waals surface area contributed by atoms with Crippen LogP contribution < -0.4 is 5.69 Å². The molecular weight excluding hydrogens is 220 g/mol. The predicted molar refractivity (Wildman–Crippen MR) is 61.7 cm³/mol. The summed E-state index contributed by atoms with van der Waals surface area (Å²) in [6, 6.07) is 1.84. The van der Waals surface area contributed by atoms with Gasteiger partial charge in [-0.25, -0.2) is 4.79 Å². The molecule has 0 aromatic carbocycles. The molecule has 0 radical (unpaired) electrons. The van der Waals surface area contributed by atoms with Crippen LogP contribution in [0.2, 0.25) is 0 Å². The number of carbonyl (C=O) groups is 1. The third kappa shape index (κ3) is 2.09. The Morgan fingerprint density at radius 1 is 1.53 bits per heavy atom. The van der Waals surface area contributed by atoms with Gasteiger partial charge in [-0.2, -0.15) is 4.98 Å². The van der Waals surface area contributed by atoms with E-state index in [1.807, 2.05) is 13.0 Å². The number of rotatable bonds is 3. The molecule has 2 rings (SSSR count). The normalized spacial score (nSPS) is 16.6. The number of aryl methyl sites for hydroxylation is 2. The van der Waals surface area contributed by atoms with E-state index in [-0.39, 0.29) is 11.7 Å². The molecule has 5 heteroatoms. The first kappa shape index (κ1) is 11.8. The van der Waals surface area contributed by atoms with Crippen molar-refractivity contribution in [3.63, 3.8) is 0 Å². The van der Waals surface area contributed by atoms with E-state index in [2.05, 4.69) is 4.98 Å². The first-order valence-corrected chi connectivity index (χ1v) is 5.62. The van der Waals surface area contributed by atoms with Crippen molar-refractivity contribution < 1.29 is 9.53 Å². The summed E-state index contributed by atoms with van der Waals surface area (Å²) in [5.41, 5.74) is 0.738. The Bertz CT molecular complexity index is 515. The average molecular weight is 236 g/mol. The number of esters is 1. The van der Waals surface area contributed by atoms with Crippen LogP contribution in [0.1, 0.15) is 24.2 Å². The minimum absolute atomic E-state index is 0.232.